The molecule has 2 heterocycles. The summed E-state index contributed by atoms with van der Waals surface area (Å²) in [7, 11) is 1.72. The van der Waals surface area contributed by atoms with Crippen LogP contribution in [-0.4, -0.2) is 53.6 Å². The van der Waals surface area contributed by atoms with Crippen molar-refractivity contribution in [2.75, 3.05) is 38.2 Å². The van der Waals surface area contributed by atoms with Crippen molar-refractivity contribution in [2.45, 2.75) is 20.0 Å². The number of nitrogens with zero attached hydrogens (tertiary/aromatic N) is 4. The summed E-state index contributed by atoms with van der Waals surface area (Å²) in [5.41, 5.74) is 5.42. The Labute approximate surface area is 165 Å². The quantitative estimate of drug-likeness (QED) is 0.698. The van der Waals surface area contributed by atoms with Crippen molar-refractivity contribution < 1.29 is 9.53 Å². The highest BCUT2D eigenvalue weighted by atomic mass is 16.5. The van der Waals surface area contributed by atoms with E-state index in [1.807, 2.05) is 18.2 Å². The van der Waals surface area contributed by atoms with Crippen LogP contribution in [0.25, 0.3) is 16.7 Å². The standard InChI is InChI=1S/C22H26N4O2/c1-16(28-3)18-7-8-22-21(13-18)23-15-26(22)20-6-4-5-19(14-20)25-11-9-24(10-12-25)17(2)27/h4-8,13-16H,9-12H2,1-3H3. The fourth-order valence-corrected chi connectivity index (χ4v) is 3.74. The summed E-state index contributed by atoms with van der Waals surface area (Å²) in [5.74, 6) is 0.153. The summed E-state index contributed by atoms with van der Waals surface area (Å²) in [6, 6.07) is 14.8. The molecule has 1 aromatic heterocycles. The number of anilines is 1. The van der Waals surface area contributed by atoms with Gasteiger partial charge in [-0.25, -0.2) is 4.98 Å². The molecule has 0 saturated carbocycles. The van der Waals surface area contributed by atoms with Gasteiger partial charge in [0.1, 0.15) is 6.33 Å². The number of carbonyl (C=O) groups excluding carboxylic acids is 1. The number of aromatic nitrogens is 2. The van der Waals surface area contributed by atoms with E-state index < -0.39 is 0 Å². The van der Waals surface area contributed by atoms with Gasteiger partial charge in [-0.3, -0.25) is 9.36 Å². The number of carbonyl (C=O) groups is 1. The molecule has 0 aliphatic carbocycles. The molecule has 3 aromatic rings. The van der Waals surface area contributed by atoms with Gasteiger partial charge in [-0.05, 0) is 42.8 Å². The number of ether oxygens (including phenoxy) is 1. The Bertz CT molecular complexity index is 989. The number of hydrogen-bond donors (Lipinski definition) is 0. The summed E-state index contributed by atoms with van der Waals surface area (Å²) in [4.78, 5) is 20.4. The van der Waals surface area contributed by atoms with Crippen LogP contribution in [0.2, 0.25) is 0 Å². The Balaban J connectivity index is 1.60. The second-order valence-corrected chi connectivity index (χ2v) is 7.25. The van der Waals surface area contributed by atoms with Crippen molar-refractivity contribution in [1.82, 2.24) is 14.5 Å². The van der Waals surface area contributed by atoms with E-state index in [1.54, 1.807) is 14.0 Å². The Morgan fingerprint density at radius 3 is 2.54 bits per heavy atom. The van der Waals surface area contributed by atoms with Crippen LogP contribution in [0, 0.1) is 0 Å². The molecular weight excluding hydrogens is 352 g/mol. The minimum Gasteiger partial charge on any atom is -0.377 e. The van der Waals surface area contributed by atoms with Crippen molar-refractivity contribution in [3.05, 3.63) is 54.4 Å². The molecule has 0 N–H and O–H groups in total. The summed E-state index contributed by atoms with van der Waals surface area (Å²) in [5, 5.41) is 0. The fourth-order valence-electron chi connectivity index (χ4n) is 3.74. The van der Waals surface area contributed by atoms with Gasteiger partial charge in [-0.2, -0.15) is 0 Å². The van der Waals surface area contributed by atoms with Crippen molar-refractivity contribution in [2.24, 2.45) is 0 Å². The van der Waals surface area contributed by atoms with Crippen LogP contribution < -0.4 is 4.90 Å². The van der Waals surface area contributed by atoms with Crippen LogP contribution in [0.15, 0.2) is 48.8 Å². The SMILES string of the molecule is COC(C)c1ccc2c(c1)ncn2-c1cccc(N2CCN(C(C)=O)CC2)c1. The van der Waals surface area contributed by atoms with Crippen LogP contribution >= 0.6 is 0 Å². The van der Waals surface area contributed by atoms with Crippen molar-refractivity contribution in [3.8, 4) is 5.69 Å². The molecule has 28 heavy (non-hydrogen) atoms. The third-order valence-corrected chi connectivity index (χ3v) is 5.59. The second kappa shape index (κ2) is 7.64. The molecule has 1 aliphatic heterocycles. The van der Waals surface area contributed by atoms with Crippen molar-refractivity contribution >= 4 is 22.6 Å². The minimum absolute atomic E-state index is 0.0477. The van der Waals surface area contributed by atoms with Gasteiger partial charge in [0.2, 0.25) is 5.91 Å². The van der Waals surface area contributed by atoms with Crippen LogP contribution in [0.3, 0.4) is 0 Å². The van der Waals surface area contributed by atoms with Gasteiger partial charge in [-0.1, -0.05) is 12.1 Å². The third-order valence-electron chi connectivity index (χ3n) is 5.59. The first-order valence-electron chi connectivity index (χ1n) is 9.67. The number of fused-ring (bicyclic) bond motifs is 1. The van der Waals surface area contributed by atoms with Gasteiger partial charge in [0.15, 0.2) is 0 Å². The maximum Gasteiger partial charge on any atom is 0.219 e. The monoisotopic (exact) mass is 378 g/mol. The van der Waals surface area contributed by atoms with E-state index in [0.717, 1.165) is 48.5 Å². The number of amides is 1. The van der Waals surface area contributed by atoms with E-state index >= 15 is 0 Å². The molecule has 0 radical (unpaired) electrons. The first kappa shape index (κ1) is 18.5. The number of benzene rings is 2. The topological polar surface area (TPSA) is 50.6 Å². The summed E-state index contributed by atoms with van der Waals surface area (Å²) in [6.45, 7) is 6.92. The highest BCUT2D eigenvalue weighted by Crippen LogP contribution is 2.26. The second-order valence-electron chi connectivity index (χ2n) is 7.25. The van der Waals surface area contributed by atoms with Gasteiger partial charge in [0.25, 0.3) is 0 Å². The Kier molecular flexibility index (Phi) is 5.05. The summed E-state index contributed by atoms with van der Waals surface area (Å²) < 4.78 is 7.53. The molecule has 6 heteroatoms. The van der Waals surface area contributed by atoms with Crippen LogP contribution in [0.4, 0.5) is 5.69 Å². The molecule has 1 saturated heterocycles. The molecule has 1 aliphatic rings. The minimum atomic E-state index is 0.0477. The predicted octanol–water partition coefficient (Wildman–Crippen LogP) is 3.40. The number of rotatable bonds is 4. The smallest absolute Gasteiger partial charge is 0.219 e. The number of methoxy groups -OCH3 is 1. The molecule has 1 atom stereocenters. The van der Waals surface area contributed by atoms with E-state index in [-0.39, 0.29) is 12.0 Å². The van der Waals surface area contributed by atoms with Gasteiger partial charge in [0, 0.05) is 51.6 Å². The van der Waals surface area contributed by atoms with E-state index in [2.05, 4.69) is 56.9 Å². The molecular formula is C22H26N4O2. The van der Waals surface area contributed by atoms with Gasteiger partial charge < -0.3 is 14.5 Å². The Morgan fingerprint density at radius 2 is 1.82 bits per heavy atom. The molecule has 1 fully saturated rings. The van der Waals surface area contributed by atoms with Gasteiger partial charge in [0.05, 0.1) is 17.1 Å². The molecule has 1 amide bonds. The molecule has 0 spiro atoms. The van der Waals surface area contributed by atoms with Crippen LogP contribution in [-0.2, 0) is 9.53 Å². The summed E-state index contributed by atoms with van der Waals surface area (Å²) in [6.07, 6.45) is 1.92. The zero-order valence-corrected chi connectivity index (χ0v) is 16.6. The zero-order valence-electron chi connectivity index (χ0n) is 16.6. The lowest BCUT2D eigenvalue weighted by Crippen LogP contribution is -2.48. The highest BCUT2D eigenvalue weighted by molar-refractivity contribution is 5.78. The maximum absolute atomic E-state index is 11.6. The molecule has 146 valence electrons. The van der Waals surface area contributed by atoms with Crippen molar-refractivity contribution in [3.63, 3.8) is 0 Å². The number of imidazole rings is 1. The van der Waals surface area contributed by atoms with Crippen LogP contribution in [0.1, 0.15) is 25.5 Å². The average Bonchev–Trinajstić information content (AvgIpc) is 3.16. The van der Waals surface area contributed by atoms with Gasteiger partial charge >= 0.3 is 0 Å². The number of hydrogen-bond acceptors (Lipinski definition) is 4. The van der Waals surface area contributed by atoms with E-state index in [4.69, 9.17) is 4.74 Å². The van der Waals surface area contributed by atoms with E-state index in [0.29, 0.717) is 0 Å². The molecule has 4 rings (SSSR count). The summed E-state index contributed by atoms with van der Waals surface area (Å²) >= 11 is 0. The molecule has 0 bridgehead atoms. The Morgan fingerprint density at radius 1 is 1.07 bits per heavy atom. The predicted molar refractivity (Wildman–Crippen MR) is 111 cm³/mol. The first-order chi connectivity index (χ1) is 13.6. The van der Waals surface area contributed by atoms with E-state index in [9.17, 15) is 4.79 Å². The third kappa shape index (κ3) is 3.47. The van der Waals surface area contributed by atoms with E-state index in [1.165, 1.54) is 5.69 Å². The molecule has 2 aromatic carbocycles. The fraction of sp³-hybridized carbons (Fsp3) is 0.364. The number of piperazine rings is 1. The highest BCUT2D eigenvalue weighted by Gasteiger charge is 2.19. The normalized spacial score (nSPS) is 15.8. The lowest BCUT2D eigenvalue weighted by molar-refractivity contribution is -0.129. The lowest BCUT2D eigenvalue weighted by atomic mass is 10.1. The lowest BCUT2D eigenvalue weighted by Gasteiger charge is -2.35. The van der Waals surface area contributed by atoms with Crippen LogP contribution in [0.5, 0.6) is 0 Å². The molecule has 1 unspecified atom stereocenters. The first-order valence-corrected chi connectivity index (χ1v) is 9.67. The Hall–Kier alpha value is -2.86. The maximum atomic E-state index is 11.6. The largest absolute Gasteiger partial charge is 0.377 e. The van der Waals surface area contributed by atoms with Crippen molar-refractivity contribution in [1.29, 1.82) is 0 Å². The zero-order chi connectivity index (χ0) is 19.7. The average molecular weight is 378 g/mol. The molecule has 6 nitrogen and oxygen atoms in total. The van der Waals surface area contributed by atoms with Gasteiger partial charge in [-0.15, -0.1) is 0 Å².